The van der Waals surface area contributed by atoms with Crippen LogP contribution in [0.15, 0.2) is 18.2 Å². The molecule has 3 atom stereocenters. The summed E-state index contributed by atoms with van der Waals surface area (Å²) in [4.78, 5) is 0. The number of aliphatic hydroxyl groups is 1. The highest BCUT2D eigenvalue weighted by atomic mass is 19.1. The Morgan fingerprint density at radius 3 is 2.76 bits per heavy atom. The van der Waals surface area contributed by atoms with Crippen LogP contribution in [-0.2, 0) is 11.3 Å². The summed E-state index contributed by atoms with van der Waals surface area (Å²) in [5, 5.41) is 8.63. The summed E-state index contributed by atoms with van der Waals surface area (Å²) < 4.78 is 19.8. The van der Waals surface area contributed by atoms with Crippen LogP contribution >= 0.6 is 0 Å². The highest BCUT2D eigenvalue weighted by Crippen LogP contribution is 2.31. The molecule has 0 spiro atoms. The van der Waals surface area contributed by atoms with Gasteiger partial charge in [0, 0.05) is 11.1 Å². The molecule has 0 heterocycles. The molecule has 1 saturated carbocycles. The molecular weight excluding hydrogens is 267 g/mol. The zero-order chi connectivity index (χ0) is 15.2. The average molecular weight is 290 g/mol. The Bertz CT molecular complexity index is 530. The number of halogens is 1. The zero-order valence-electron chi connectivity index (χ0n) is 12.7. The Balaban J connectivity index is 1.91. The van der Waals surface area contributed by atoms with Crippen LogP contribution in [0.2, 0.25) is 0 Å². The number of ether oxygens (including phenoxy) is 1. The lowest BCUT2D eigenvalue weighted by atomic mass is 9.80. The Morgan fingerprint density at radius 2 is 2.10 bits per heavy atom. The number of rotatable bonds is 3. The molecule has 3 heteroatoms. The average Bonchev–Trinajstić information content (AvgIpc) is 2.47. The first kappa shape index (κ1) is 16.0. The van der Waals surface area contributed by atoms with Crippen LogP contribution in [0.4, 0.5) is 4.39 Å². The second kappa shape index (κ2) is 7.59. The molecule has 0 radical (unpaired) electrons. The van der Waals surface area contributed by atoms with Gasteiger partial charge in [0.25, 0.3) is 0 Å². The first-order chi connectivity index (χ1) is 10.1. The van der Waals surface area contributed by atoms with Gasteiger partial charge < -0.3 is 9.84 Å². The van der Waals surface area contributed by atoms with Gasteiger partial charge in [-0.25, -0.2) is 4.39 Å². The molecule has 0 bridgehead atoms. The van der Waals surface area contributed by atoms with E-state index in [9.17, 15) is 4.39 Å². The molecular formula is C18H23FO2. The monoisotopic (exact) mass is 290 g/mol. The largest absolute Gasteiger partial charge is 0.384 e. The predicted molar refractivity (Wildman–Crippen MR) is 81.1 cm³/mol. The van der Waals surface area contributed by atoms with E-state index in [1.54, 1.807) is 12.1 Å². The summed E-state index contributed by atoms with van der Waals surface area (Å²) in [6.45, 7) is 4.64. The van der Waals surface area contributed by atoms with Crippen molar-refractivity contribution in [2.24, 2.45) is 11.8 Å². The smallest absolute Gasteiger partial charge is 0.129 e. The summed E-state index contributed by atoms with van der Waals surface area (Å²) >= 11 is 0. The van der Waals surface area contributed by atoms with Crippen LogP contribution in [0.25, 0.3) is 0 Å². The Labute approximate surface area is 126 Å². The minimum atomic E-state index is -0.294. The van der Waals surface area contributed by atoms with Crippen molar-refractivity contribution in [1.82, 2.24) is 0 Å². The van der Waals surface area contributed by atoms with Gasteiger partial charge >= 0.3 is 0 Å². The van der Waals surface area contributed by atoms with E-state index in [0.29, 0.717) is 23.7 Å². The molecule has 3 unspecified atom stereocenters. The topological polar surface area (TPSA) is 29.5 Å². The van der Waals surface area contributed by atoms with Crippen molar-refractivity contribution in [1.29, 1.82) is 0 Å². The fourth-order valence-electron chi connectivity index (χ4n) is 2.74. The molecule has 2 nitrogen and oxygen atoms in total. The minimum Gasteiger partial charge on any atom is -0.384 e. The standard InChI is InChI=1S/C18H23FO2/c1-13-5-8-17(10-14(13)2)21-12-16-7-6-15(4-3-9-20)11-18(16)19/h6-7,11,13-14,17,20H,5,8-10,12H2,1-2H3. The van der Waals surface area contributed by atoms with E-state index < -0.39 is 0 Å². The van der Waals surface area contributed by atoms with Gasteiger partial charge in [-0.1, -0.05) is 31.8 Å². The van der Waals surface area contributed by atoms with Gasteiger partial charge in [0.15, 0.2) is 0 Å². The van der Waals surface area contributed by atoms with Crippen LogP contribution in [0, 0.1) is 29.5 Å². The molecule has 1 N–H and O–H groups in total. The van der Waals surface area contributed by atoms with Gasteiger partial charge in [-0.15, -0.1) is 0 Å². The van der Waals surface area contributed by atoms with Crippen LogP contribution in [0.3, 0.4) is 0 Å². The van der Waals surface area contributed by atoms with Crippen molar-refractivity contribution in [3.63, 3.8) is 0 Å². The third-order valence-corrected chi connectivity index (χ3v) is 4.39. The number of hydrogen-bond acceptors (Lipinski definition) is 2. The molecule has 0 aromatic heterocycles. The molecule has 114 valence electrons. The van der Waals surface area contributed by atoms with Crippen LogP contribution in [-0.4, -0.2) is 17.8 Å². The van der Waals surface area contributed by atoms with E-state index in [4.69, 9.17) is 9.84 Å². The van der Waals surface area contributed by atoms with Gasteiger partial charge in [-0.2, -0.15) is 0 Å². The molecule has 0 aliphatic heterocycles. The first-order valence-corrected chi connectivity index (χ1v) is 7.60. The Kier molecular flexibility index (Phi) is 5.78. The van der Waals surface area contributed by atoms with Crippen LogP contribution in [0.5, 0.6) is 0 Å². The van der Waals surface area contributed by atoms with Gasteiger partial charge in [0.05, 0.1) is 12.7 Å². The SMILES string of the molecule is CC1CCC(OCc2ccc(C#CCO)cc2F)CC1C. The van der Waals surface area contributed by atoms with Crippen molar-refractivity contribution < 1.29 is 14.2 Å². The maximum absolute atomic E-state index is 14.0. The fraction of sp³-hybridized carbons (Fsp3) is 0.556. The Morgan fingerprint density at radius 1 is 1.29 bits per heavy atom. The molecule has 1 fully saturated rings. The van der Waals surface area contributed by atoms with Gasteiger partial charge in [-0.05, 0) is 43.2 Å². The van der Waals surface area contributed by atoms with Crippen molar-refractivity contribution in [3.8, 4) is 11.8 Å². The lowest BCUT2D eigenvalue weighted by Crippen LogP contribution is -2.26. The lowest BCUT2D eigenvalue weighted by Gasteiger charge is -2.32. The quantitative estimate of drug-likeness (QED) is 0.863. The summed E-state index contributed by atoms with van der Waals surface area (Å²) in [6.07, 6.45) is 3.55. The summed E-state index contributed by atoms with van der Waals surface area (Å²) in [6, 6.07) is 4.87. The first-order valence-electron chi connectivity index (χ1n) is 7.60. The molecule has 1 aromatic carbocycles. The minimum absolute atomic E-state index is 0.217. The van der Waals surface area contributed by atoms with E-state index >= 15 is 0 Å². The summed E-state index contributed by atoms with van der Waals surface area (Å²) in [5.74, 6) is 6.34. The van der Waals surface area contributed by atoms with Crippen molar-refractivity contribution in [3.05, 3.63) is 35.1 Å². The summed E-state index contributed by atoms with van der Waals surface area (Å²) in [7, 11) is 0. The van der Waals surface area contributed by atoms with Crippen LogP contribution < -0.4 is 0 Å². The zero-order valence-corrected chi connectivity index (χ0v) is 12.7. The maximum Gasteiger partial charge on any atom is 0.129 e. The van der Waals surface area contributed by atoms with E-state index in [1.807, 2.05) is 0 Å². The second-order valence-corrected chi connectivity index (χ2v) is 5.97. The molecule has 21 heavy (non-hydrogen) atoms. The molecule has 0 saturated heterocycles. The van der Waals surface area contributed by atoms with E-state index in [0.717, 1.165) is 18.8 Å². The maximum atomic E-state index is 14.0. The predicted octanol–water partition coefficient (Wildman–Crippen LogP) is 3.51. The molecule has 1 aromatic rings. The lowest BCUT2D eigenvalue weighted by molar-refractivity contribution is -0.00845. The van der Waals surface area contributed by atoms with Gasteiger partial charge in [0.1, 0.15) is 12.4 Å². The van der Waals surface area contributed by atoms with Crippen molar-refractivity contribution in [2.45, 2.75) is 45.8 Å². The summed E-state index contributed by atoms with van der Waals surface area (Å²) in [5.41, 5.74) is 1.14. The third-order valence-electron chi connectivity index (χ3n) is 4.39. The third kappa shape index (κ3) is 4.56. The molecule has 1 aliphatic rings. The van der Waals surface area contributed by atoms with Crippen molar-refractivity contribution >= 4 is 0 Å². The molecule has 1 aliphatic carbocycles. The number of benzene rings is 1. The number of hydrogen-bond donors (Lipinski definition) is 1. The second-order valence-electron chi connectivity index (χ2n) is 5.97. The van der Waals surface area contributed by atoms with Gasteiger partial charge in [0.2, 0.25) is 0 Å². The van der Waals surface area contributed by atoms with E-state index in [-0.39, 0.29) is 18.5 Å². The van der Waals surface area contributed by atoms with E-state index in [2.05, 4.69) is 25.7 Å². The molecule has 2 rings (SSSR count). The van der Waals surface area contributed by atoms with Crippen molar-refractivity contribution in [2.75, 3.05) is 6.61 Å². The fourth-order valence-corrected chi connectivity index (χ4v) is 2.74. The van der Waals surface area contributed by atoms with Crippen LogP contribution in [0.1, 0.15) is 44.2 Å². The highest BCUT2D eigenvalue weighted by molar-refractivity contribution is 5.36. The number of aliphatic hydroxyl groups excluding tert-OH is 1. The van der Waals surface area contributed by atoms with E-state index in [1.165, 1.54) is 12.5 Å². The normalized spacial score (nSPS) is 25.2. The molecule has 0 amide bonds. The van der Waals surface area contributed by atoms with Gasteiger partial charge in [-0.3, -0.25) is 0 Å². The Hall–Kier alpha value is -1.37. The highest BCUT2D eigenvalue weighted by Gasteiger charge is 2.25.